The van der Waals surface area contributed by atoms with Gasteiger partial charge in [0.1, 0.15) is 11.6 Å². The summed E-state index contributed by atoms with van der Waals surface area (Å²) >= 11 is 0. The first-order valence-electron chi connectivity index (χ1n) is 4.00. The van der Waals surface area contributed by atoms with E-state index in [9.17, 15) is 9.18 Å². The Morgan fingerprint density at radius 1 is 1.36 bits per heavy atom. The van der Waals surface area contributed by atoms with Gasteiger partial charge in [-0.1, -0.05) is 6.07 Å². The van der Waals surface area contributed by atoms with Crippen LogP contribution in [0.15, 0.2) is 35.1 Å². The predicted molar refractivity (Wildman–Crippen MR) is 50.8 cm³/mol. The Morgan fingerprint density at radius 3 is 2.71 bits per heavy atom. The zero-order valence-corrected chi connectivity index (χ0v) is 7.20. The molecule has 2 rings (SSSR count). The van der Waals surface area contributed by atoms with Gasteiger partial charge < -0.3 is 5.73 Å². The standard InChI is InChI=1S/C9H8FN3O/c10-6-2-1-3-7(4-6)13-8(11)5-9(14)12-13/h1-5H,11H2,(H,12,14). The number of nitrogen functional groups attached to an aromatic ring is 1. The first-order chi connectivity index (χ1) is 6.66. The van der Waals surface area contributed by atoms with E-state index in [1.54, 1.807) is 12.1 Å². The van der Waals surface area contributed by atoms with E-state index in [-0.39, 0.29) is 17.2 Å². The maximum atomic E-state index is 12.8. The molecule has 0 unspecified atom stereocenters. The highest BCUT2D eigenvalue weighted by Crippen LogP contribution is 2.10. The van der Waals surface area contributed by atoms with Crippen molar-refractivity contribution in [1.82, 2.24) is 9.78 Å². The van der Waals surface area contributed by atoms with Crippen LogP contribution >= 0.6 is 0 Å². The smallest absolute Gasteiger partial charge is 0.266 e. The topological polar surface area (TPSA) is 63.8 Å². The van der Waals surface area contributed by atoms with Gasteiger partial charge in [0.25, 0.3) is 5.56 Å². The number of H-pyrrole nitrogens is 1. The van der Waals surface area contributed by atoms with Crippen molar-refractivity contribution in [2.24, 2.45) is 0 Å². The number of hydrogen-bond acceptors (Lipinski definition) is 2. The Balaban J connectivity index is 2.59. The molecular formula is C9H8FN3O. The van der Waals surface area contributed by atoms with Crippen molar-refractivity contribution in [3.05, 3.63) is 46.5 Å². The van der Waals surface area contributed by atoms with Crippen LogP contribution in [-0.4, -0.2) is 9.78 Å². The fraction of sp³-hybridized carbons (Fsp3) is 0. The third-order valence-electron chi connectivity index (χ3n) is 1.83. The molecule has 0 aliphatic heterocycles. The molecule has 0 bridgehead atoms. The summed E-state index contributed by atoms with van der Waals surface area (Å²) < 4.78 is 14.2. The third kappa shape index (κ3) is 1.39. The molecule has 1 aromatic heterocycles. The van der Waals surface area contributed by atoms with Gasteiger partial charge in [-0.3, -0.25) is 9.89 Å². The number of rotatable bonds is 1. The van der Waals surface area contributed by atoms with Gasteiger partial charge in [-0.25, -0.2) is 9.07 Å². The van der Waals surface area contributed by atoms with Crippen LogP contribution in [0.5, 0.6) is 0 Å². The minimum atomic E-state index is -0.378. The average Bonchev–Trinajstić information content (AvgIpc) is 2.45. The van der Waals surface area contributed by atoms with Crippen molar-refractivity contribution >= 4 is 5.82 Å². The molecule has 0 aliphatic rings. The summed E-state index contributed by atoms with van der Waals surface area (Å²) in [4.78, 5) is 10.9. The number of benzene rings is 1. The van der Waals surface area contributed by atoms with Gasteiger partial charge in [0, 0.05) is 6.07 Å². The number of hydrogen-bond donors (Lipinski definition) is 2. The van der Waals surface area contributed by atoms with E-state index in [4.69, 9.17) is 5.73 Å². The summed E-state index contributed by atoms with van der Waals surface area (Å²) in [5.41, 5.74) is 5.71. The zero-order chi connectivity index (χ0) is 10.1. The van der Waals surface area contributed by atoms with E-state index < -0.39 is 0 Å². The zero-order valence-electron chi connectivity index (χ0n) is 7.20. The summed E-state index contributed by atoms with van der Waals surface area (Å²) in [7, 11) is 0. The molecule has 0 radical (unpaired) electrons. The fourth-order valence-electron chi connectivity index (χ4n) is 1.23. The number of aromatic amines is 1. The molecule has 1 heterocycles. The van der Waals surface area contributed by atoms with Crippen molar-refractivity contribution in [3.8, 4) is 5.69 Å². The van der Waals surface area contributed by atoms with Crippen LogP contribution in [0.3, 0.4) is 0 Å². The Labute approximate surface area is 78.8 Å². The Kier molecular flexibility index (Phi) is 1.85. The van der Waals surface area contributed by atoms with Crippen LogP contribution in [0.25, 0.3) is 5.69 Å². The molecule has 0 fully saturated rings. The SMILES string of the molecule is Nc1cc(=O)[nH]n1-c1cccc(F)c1. The molecule has 5 heteroatoms. The number of nitrogens with two attached hydrogens (primary N) is 1. The summed E-state index contributed by atoms with van der Waals surface area (Å²) in [5.74, 6) is -0.128. The summed E-state index contributed by atoms with van der Waals surface area (Å²) in [5, 5.41) is 2.46. The number of aromatic nitrogens is 2. The third-order valence-corrected chi connectivity index (χ3v) is 1.83. The first-order valence-corrected chi connectivity index (χ1v) is 4.00. The molecule has 2 aromatic rings. The lowest BCUT2D eigenvalue weighted by Crippen LogP contribution is -2.05. The molecule has 0 aliphatic carbocycles. The van der Waals surface area contributed by atoms with Gasteiger partial charge in [0.05, 0.1) is 5.69 Å². The number of halogens is 1. The first kappa shape index (κ1) is 8.55. The Hall–Kier alpha value is -2.04. The Bertz CT molecular complexity index is 515. The van der Waals surface area contributed by atoms with E-state index in [0.29, 0.717) is 5.69 Å². The molecule has 0 spiro atoms. The lowest BCUT2D eigenvalue weighted by Gasteiger charge is -2.03. The van der Waals surface area contributed by atoms with Crippen molar-refractivity contribution in [2.75, 3.05) is 5.73 Å². The quantitative estimate of drug-likeness (QED) is 0.706. The second-order valence-corrected chi connectivity index (χ2v) is 2.86. The van der Waals surface area contributed by atoms with Crippen molar-refractivity contribution in [3.63, 3.8) is 0 Å². The minimum absolute atomic E-state index is 0.251. The largest absolute Gasteiger partial charge is 0.384 e. The second kappa shape index (κ2) is 3.02. The van der Waals surface area contributed by atoms with E-state index in [1.165, 1.54) is 22.9 Å². The minimum Gasteiger partial charge on any atom is -0.384 e. The van der Waals surface area contributed by atoms with Gasteiger partial charge in [0.2, 0.25) is 0 Å². The molecule has 0 amide bonds. The van der Waals surface area contributed by atoms with Crippen LogP contribution < -0.4 is 11.3 Å². The van der Waals surface area contributed by atoms with Crippen LogP contribution in [0, 0.1) is 5.82 Å². The second-order valence-electron chi connectivity index (χ2n) is 2.86. The molecule has 0 saturated heterocycles. The van der Waals surface area contributed by atoms with Crippen LogP contribution in [0.2, 0.25) is 0 Å². The summed E-state index contributed by atoms with van der Waals surface area (Å²) in [6.45, 7) is 0. The normalized spacial score (nSPS) is 10.4. The fourth-order valence-corrected chi connectivity index (χ4v) is 1.23. The van der Waals surface area contributed by atoms with Gasteiger partial charge in [-0.05, 0) is 18.2 Å². The molecule has 0 saturated carbocycles. The van der Waals surface area contributed by atoms with E-state index in [1.807, 2.05) is 0 Å². The van der Waals surface area contributed by atoms with Gasteiger partial charge in [-0.2, -0.15) is 0 Å². The highest BCUT2D eigenvalue weighted by molar-refractivity contribution is 5.40. The van der Waals surface area contributed by atoms with E-state index in [0.717, 1.165) is 0 Å². The molecule has 3 N–H and O–H groups in total. The number of nitrogens with one attached hydrogen (secondary N) is 1. The number of nitrogens with zero attached hydrogens (tertiary/aromatic N) is 1. The van der Waals surface area contributed by atoms with Crippen molar-refractivity contribution in [1.29, 1.82) is 0 Å². The lowest BCUT2D eigenvalue weighted by molar-refractivity contribution is 0.625. The Morgan fingerprint density at radius 2 is 2.14 bits per heavy atom. The average molecular weight is 193 g/mol. The number of anilines is 1. The maximum absolute atomic E-state index is 12.8. The van der Waals surface area contributed by atoms with E-state index in [2.05, 4.69) is 5.10 Å². The highest BCUT2D eigenvalue weighted by atomic mass is 19.1. The molecule has 0 atom stereocenters. The van der Waals surface area contributed by atoms with Crippen LogP contribution in [0.1, 0.15) is 0 Å². The molecular weight excluding hydrogens is 185 g/mol. The van der Waals surface area contributed by atoms with Gasteiger partial charge in [0.15, 0.2) is 0 Å². The lowest BCUT2D eigenvalue weighted by atomic mass is 10.3. The van der Waals surface area contributed by atoms with Crippen molar-refractivity contribution in [2.45, 2.75) is 0 Å². The molecule has 4 nitrogen and oxygen atoms in total. The molecule has 72 valence electrons. The van der Waals surface area contributed by atoms with Crippen molar-refractivity contribution < 1.29 is 4.39 Å². The molecule has 1 aromatic carbocycles. The molecule has 14 heavy (non-hydrogen) atoms. The predicted octanol–water partition coefficient (Wildman–Crippen LogP) is 0.887. The van der Waals surface area contributed by atoms with E-state index >= 15 is 0 Å². The monoisotopic (exact) mass is 193 g/mol. The van der Waals surface area contributed by atoms with Crippen LogP contribution in [0.4, 0.5) is 10.2 Å². The van der Waals surface area contributed by atoms with Crippen LogP contribution in [-0.2, 0) is 0 Å². The summed E-state index contributed by atoms with van der Waals surface area (Å²) in [6.07, 6.45) is 0. The highest BCUT2D eigenvalue weighted by Gasteiger charge is 2.03. The maximum Gasteiger partial charge on any atom is 0.266 e. The van der Waals surface area contributed by atoms with Gasteiger partial charge in [-0.15, -0.1) is 0 Å². The summed E-state index contributed by atoms with van der Waals surface area (Å²) in [6, 6.07) is 7.04. The van der Waals surface area contributed by atoms with Gasteiger partial charge >= 0.3 is 0 Å².